The average molecular weight is 473 g/mol. The minimum atomic E-state index is -3.67. The minimum Gasteiger partial charge on any atom is -0.507 e. The molecule has 0 atom stereocenters. The van der Waals surface area contributed by atoms with Crippen LogP contribution >= 0.6 is 15.9 Å². The number of benzene rings is 2. The fraction of sp³-hybridized carbons (Fsp3) is 0.167. The average Bonchev–Trinajstić information content (AvgIpc) is 3.33. The van der Waals surface area contributed by atoms with Crippen molar-refractivity contribution in [2.24, 2.45) is 0 Å². The van der Waals surface area contributed by atoms with Crippen molar-refractivity contribution < 1.29 is 27.1 Å². The molecule has 0 amide bonds. The molecule has 4 aromatic rings. The van der Waals surface area contributed by atoms with Gasteiger partial charge in [-0.3, -0.25) is 0 Å². The highest BCUT2D eigenvalue weighted by Crippen LogP contribution is 2.30. The Morgan fingerprint density at radius 3 is 2.52 bits per heavy atom. The number of aromatic hydroxyl groups is 1. The second-order valence-electron chi connectivity index (χ2n) is 5.84. The number of nitrogens with zero attached hydrogens (tertiary/aromatic N) is 3. The van der Waals surface area contributed by atoms with Gasteiger partial charge in [0.1, 0.15) is 5.75 Å². The van der Waals surface area contributed by atoms with E-state index in [1.807, 2.05) is 18.2 Å². The lowest BCUT2D eigenvalue weighted by Crippen LogP contribution is -1.95. The Labute approximate surface area is 169 Å². The number of phenols is 1. The summed E-state index contributed by atoms with van der Waals surface area (Å²) in [6, 6.07) is 10.5. The number of hydrogen-bond acceptors (Lipinski definition) is 5. The van der Waals surface area contributed by atoms with Gasteiger partial charge in [0.05, 0.1) is 4.47 Å². The van der Waals surface area contributed by atoms with Crippen molar-refractivity contribution in [2.75, 3.05) is 0 Å². The van der Waals surface area contributed by atoms with Crippen molar-refractivity contribution in [3.63, 3.8) is 0 Å². The molecular weight excluding hydrogens is 460 g/mol. The van der Waals surface area contributed by atoms with Crippen molar-refractivity contribution in [1.82, 2.24) is 20.6 Å². The van der Waals surface area contributed by atoms with E-state index in [1.54, 1.807) is 18.2 Å². The number of fused-ring (bicyclic) bond motifs is 1. The molecule has 0 aliphatic carbocycles. The van der Waals surface area contributed by atoms with Gasteiger partial charge in [-0.2, -0.15) is 18.4 Å². The number of H-pyrrole nitrogens is 1. The van der Waals surface area contributed by atoms with Crippen LogP contribution in [0, 0.1) is 5.82 Å². The summed E-state index contributed by atoms with van der Waals surface area (Å²) in [5.41, 5.74) is 1.74. The molecule has 2 heterocycles. The number of aromatic nitrogens is 4. The zero-order valence-corrected chi connectivity index (χ0v) is 16.1. The maximum atomic E-state index is 14.8. The lowest BCUT2D eigenvalue weighted by molar-refractivity contribution is 0.00819. The number of furan rings is 1. The highest BCUT2D eigenvalue weighted by molar-refractivity contribution is 9.10. The van der Waals surface area contributed by atoms with Crippen LogP contribution in [0.2, 0.25) is 0 Å². The molecule has 0 saturated heterocycles. The van der Waals surface area contributed by atoms with Crippen LogP contribution < -0.4 is 0 Å². The summed E-state index contributed by atoms with van der Waals surface area (Å²) in [5.74, 6) is 0.444. The first-order chi connectivity index (χ1) is 13.8. The predicted octanol–water partition coefficient (Wildman–Crippen LogP) is 5.18. The topological polar surface area (TPSA) is 87.8 Å². The molecule has 6 nitrogen and oxygen atoms in total. The lowest BCUT2D eigenvalue weighted by Gasteiger charge is -2.05. The van der Waals surface area contributed by atoms with Gasteiger partial charge in [-0.25, -0.2) is 4.39 Å². The Morgan fingerprint density at radius 2 is 1.86 bits per heavy atom. The fourth-order valence-corrected chi connectivity index (χ4v) is 3.09. The van der Waals surface area contributed by atoms with Gasteiger partial charge in [-0.05, 0) is 63.3 Å². The zero-order chi connectivity index (χ0) is 21.0. The van der Waals surface area contributed by atoms with Crippen LogP contribution in [0.3, 0.4) is 0 Å². The molecule has 2 N–H and O–H groups in total. The number of rotatable bonds is 4. The van der Waals surface area contributed by atoms with Gasteiger partial charge in [0.15, 0.2) is 17.2 Å². The molecule has 0 aliphatic rings. The minimum absolute atomic E-state index is 0.181. The number of nitrogens with one attached hydrogen (secondary N) is 1. The van der Waals surface area contributed by atoms with E-state index in [2.05, 4.69) is 36.6 Å². The third-order valence-corrected chi connectivity index (χ3v) is 4.60. The smallest absolute Gasteiger partial charge is 0.379 e. The molecule has 0 aliphatic heterocycles. The maximum absolute atomic E-state index is 14.8. The molecule has 0 fully saturated rings. The van der Waals surface area contributed by atoms with Gasteiger partial charge < -0.3 is 9.52 Å². The summed E-state index contributed by atoms with van der Waals surface area (Å²) in [6.07, 6.45) is 1.15. The third-order valence-electron chi connectivity index (χ3n) is 3.97. The molecule has 0 radical (unpaired) electrons. The molecule has 2 aromatic carbocycles. The quantitative estimate of drug-likeness (QED) is 0.399. The van der Waals surface area contributed by atoms with E-state index in [0.29, 0.717) is 34.0 Å². The predicted molar refractivity (Wildman–Crippen MR) is 99.7 cm³/mol. The number of aryl methyl sites for hydroxylation is 2. The van der Waals surface area contributed by atoms with Crippen LogP contribution in [0.4, 0.5) is 17.6 Å². The molecule has 0 spiro atoms. The van der Waals surface area contributed by atoms with Gasteiger partial charge in [0.2, 0.25) is 5.82 Å². The van der Waals surface area contributed by atoms with Crippen LogP contribution in [0.25, 0.3) is 22.6 Å². The summed E-state index contributed by atoms with van der Waals surface area (Å²) in [7, 11) is 0. The molecule has 4 rings (SSSR count). The van der Waals surface area contributed by atoms with Crippen molar-refractivity contribution >= 4 is 26.9 Å². The molecule has 0 unspecified atom stereocenters. The number of tetrazole rings is 1. The number of hydrogen-bond donors (Lipinski definition) is 2. The van der Waals surface area contributed by atoms with E-state index in [9.17, 15) is 22.7 Å². The van der Waals surface area contributed by atoms with E-state index in [4.69, 9.17) is 4.42 Å². The standard InChI is InChI=1S/C17H12BrFN4O2.CHF3/c18-12-7-9(2-6-13(12)24)1-3-10-4-5-11-8-14(17-20-22-23-21-17)25-16(11)15(10)19;2-1(3)4/h2,4-8,24H,1,3H2,(H,20,21,22,23);1H. The van der Waals surface area contributed by atoms with Crippen molar-refractivity contribution in [2.45, 2.75) is 19.5 Å². The fourth-order valence-electron chi connectivity index (χ4n) is 2.66. The normalized spacial score (nSPS) is 11.0. The Kier molecular flexibility index (Phi) is 6.47. The van der Waals surface area contributed by atoms with Gasteiger partial charge in [-0.1, -0.05) is 18.2 Å². The lowest BCUT2D eigenvalue weighted by atomic mass is 10.0. The highest BCUT2D eigenvalue weighted by atomic mass is 79.9. The van der Waals surface area contributed by atoms with Crippen LogP contribution in [0.1, 0.15) is 11.1 Å². The van der Waals surface area contributed by atoms with Gasteiger partial charge in [0.25, 0.3) is 0 Å². The second-order valence-corrected chi connectivity index (χ2v) is 6.69. The molecule has 11 heteroatoms. The van der Waals surface area contributed by atoms with Crippen LogP contribution in [-0.4, -0.2) is 32.4 Å². The summed E-state index contributed by atoms with van der Waals surface area (Å²) in [6.45, 7) is -3.67. The van der Waals surface area contributed by atoms with Gasteiger partial charge in [-0.15, -0.1) is 10.2 Å². The van der Waals surface area contributed by atoms with Crippen LogP contribution in [-0.2, 0) is 12.8 Å². The molecule has 29 heavy (non-hydrogen) atoms. The molecule has 2 aromatic heterocycles. The first kappa shape index (κ1) is 20.8. The van der Waals surface area contributed by atoms with Crippen molar-refractivity contribution in [3.05, 3.63) is 57.8 Å². The monoisotopic (exact) mass is 472 g/mol. The van der Waals surface area contributed by atoms with E-state index < -0.39 is 6.68 Å². The second kappa shape index (κ2) is 9.03. The number of phenolic OH excluding ortho intramolecular Hbond substituents is 1. The number of aromatic amines is 1. The Hall–Kier alpha value is -2.95. The molecule has 0 saturated carbocycles. The third kappa shape index (κ3) is 5.11. The Bertz CT molecular complexity index is 1100. The summed E-state index contributed by atoms with van der Waals surface area (Å²) < 4.78 is 50.0. The first-order valence-corrected chi connectivity index (χ1v) is 8.99. The van der Waals surface area contributed by atoms with E-state index >= 15 is 0 Å². The van der Waals surface area contributed by atoms with E-state index in [-0.39, 0.29) is 23.0 Å². The first-order valence-electron chi connectivity index (χ1n) is 8.19. The SMILES string of the molecule is FC(F)F.Oc1ccc(CCc2ccc3cc(-c4nn[nH]n4)oc3c2F)cc1Br. The highest BCUT2D eigenvalue weighted by Gasteiger charge is 2.16. The van der Waals surface area contributed by atoms with Crippen LogP contribution in [0.5, 0.6) is 5.75 Å². The maximum Gasteiger partial charge on any atom is 0.379 e. The Balaban J connectivity index is 0.000000552. The largest absolute Gasteiger partial charge is 0.507 e. The number of halogens is 5. The van der Waals surface area contributed by atoms with Crippen molar-refractivity contribution in [3.8, 4) is 17.3 Å². The summed E-state index contributed by atoms with van der Waals surface area (Å²) in [4.78, 5) is 0. The zero-order valence-electron chi connectivity index (χ0n) is 14.5. The Morgan fingerprint density at radius 1 is 1.10 bits per heavy atom. The summed E-state index contributed by atoms with van der Waals surface area (Å²) >= 11 is 3.28. The summed E-state index contributed by atoms with van der Waals surface area (Å²) in [5, 5.41) is 23.7. The molecular formula is C18H13BrF4N4O2. The number of alkyl halides is 3. The van der Waals surface area contributed by atoms with E-state index in [0.717, 1.165) is 5.56 Å². The molecule has 0 bridgehead atoms. The van der Waals surface area contributed by atoms with Crippen molar-refractivity contribution in [1.29, 1.82) is 0 Å². The van der Waals surface area contributed by atoms with Gasteiger partial charge in [0, 0.05) is 5.39 Å². The van der Waals surface area contributed by atoms with Crippen LogP contribution in [0.15, 0.2) is 45.3 Å². The van der Waals surface area contributed by atoms with Gasteiger partial charge >= 0.3 is 6.68 Å². The molecule has 152 valence electrons. The van der Waals surface area contributed by atoms with E-state index in [1.165, 1.54) is 0 Å².